The van der Waals surface area contributed by atoms with Gasteiger partial charge in [0, 0.05) is 0 Å². The summed E-state index contributed by atoms with van der Waals surface area (Å²) in [7, 11) is 0. The molecule has 0 saturated carbocycles. The molecule has 0 spiro atoms. The molecule has 0 aliphatic rings. The zero-order valence-corrected chi connectivity index (χ0v) is 10.0. The molecular weight excluding hydrogens is 184 g/mol. The summed E-state index contributed by atoms with van der Waals surface area (Å²) in [6.45, 7) is 6.41. The Morgan fingerprint density at radius 1 is 1.13 bits per heavy atom. The van der Waals surface area contributed by atoms with Crippen LogP contribution in [0.15, 0.2) is 24.3 Å². The van der Waals surface area contributed by atoms with Crippen LogP contribution in [0.4, 0.5) is 0 Å². The highest BCUT2D eigenvalue weighted by Gasteiger charge is 2.14. The summed E-state index contributed by atoms with van der Waals surface area (Å²) in [6.07, 6.45) is 2.96. The van der Waals surface area contributed by atoms with E-state index in [-0.39, 0.29) is 6.10 Å². The van der Waals surface area contributed by atoms with Crippen LogP contribution in [0.5, 0.6) is 0 Å². The van der Waals surface area contributed by atoms with Crippen LogP contribution in [-0.4, -0.2) is 5.11 Å². The third kappa shape index (κ3) is 3.35. The molecule has 1 N–H and O–H groups in total. The van der Waals surface area contributed by atoms with Gasteiger partial charge in [-0.3, -0.25) is 0 Å². The van der Waals surface area contributed by atoms with Gasteiger partial charge in [0.2, 0.25) is 0 Å². The molecule has 1 rings (SSSR count). The molecule has 0 saturated heterocycles. The molecule has 0 aromatic heterocycles. The van der Waals surface area contributed by atoms with Gasteiger partial charge in [-0.25, -0.2) is 0 Å². The van der Waals surface area contributed by atoms with Gasteiger partial charge in [-0.15, -0.1) is 0 Å². The molecule has 0 fully saturated rings. The fraction of sp³-hybridized carbons (Fsp3) is 0.571. The van der Waals surface area contributed by atoms with Crippen molar-refractivity contribution in [3.05, 3.63) is 35.4 Å². The average molecular weight is 206 g/mol. The highest BCUT2D eigenvalue weighted by molar-refractivity contribution is 5.24. The van der Waals surface area contributed by atoms with E-state index in [0.717, 1.165) is 24.8 Å². The van der Waals surface area contributed by atoms with Crippen molar-refractivity contribution in [3.63, 3.8) is 0 Å². The summed E-state index contributed by atoms with van der Waals surface area (Å²) in [5.41, 5.74) is 2.38. The monoisotopic (exact) mass is 206 g/mol. The first-order valence-corrected chi connectivity index (χ1v) is 5.95. The minimum absolute atomic E-state index is 0.309. The third-order valence-electron chi connectivity index (χ3n) is 3.01. The molecule has 2 atom stereocenters. The lowest BCUT2D eigenvalue weighted by Crippen LogP contribution is -2.08. The predicted octanol–water partition coefficient (Wildman–Crippen LogP) is 3.72. The maximum absolute atomic E-state index is 10.1. The van der Waals surface area contributed by atoms with Crippen molar-refractivity contribution < 1.29 is 5.11 Å². The molecule has 1 nitrogen and oxygen atoms in total. The van der Waals surface area contributed by atoms with E-state index in [0.29, 0.717) is 5.92 Å². The van der Waals surface area contributed by atoms with E-state index >= 15 is 0 Å². The van der Waals surface area contributed by atoms with Crippen LogP contribution in [-0.2, 0) is 6.42 Å². The summed E-state index contributed by atoms with van der Waals surface area (Å²) in [5, 5.41) is 10.1. The van der Waals surface area contributed by atoms with Crippen LogP contribution < -0.4 is 0 Å². The van der Waals surface area contributed by atoms with Crippen molar-refractivity contribution in [1.29, 1.82) is 0 Å². The molecule has 0 aliphatic carbocycles. The standard InChI is InChI=1S/C14H22O/c1-4-6-11(3)14(15)13-9-7-12(5-2)8-10-13/h7-11,14-15H,4-6H2,1-3H3. The first-order chi connectivity index (χ1) is 7.19. The van der Waals surface area contributed by atoms with E-state index in [2.05, 4.69) is 45.0 Å². The fourth-order valence-corrected chi connectivity index (χ4v) is 1.89. The molecule has 15 heavy (non-hydrogen) atoms. The minimum Gasteiger partial charge on any atom is -0.388 e. The van der Waals surface area contributed by atoms with Crippen LogP contribution >= 0.6 is 0 Å². The Bertz CT molecular complexity index is 276. The average Bonchev–Trinajstić information content (AvgIpc) is 2.28. The van der Waals surface area contributed by atoms with Crippen LogP contribution in [0.25, 0.3) is 0 Å². The van der Waals surface area contributed by atoms with E-state index in [9.17, 15) is 5.11 Å². The van der Waals surface area contributed by atoms with Crippen LogP contribution in [0.1, 0.15) is 50.8 Å². The topological polar surface area (TPSA) is 20.2 Å². The molecule has 0 amide bonds. The van der Waals surface area contributed by atoms with E-state index in [1.165, 1.54) is 5.56 Å². The summed E-state index contributed by atoms with van der Waals surface area (Å²) in [5.74, 6) is 0.350. The lowest BCUT2D eigenvalue weighted by atomic mass is 9.93. The number of hydrogen-bond acceptors (Lipinski definition) is 1. The van der Waals surface area contributed by atoms with Gasteiger partial charge < -0.3 is 5.11 Å². The van der Waals surface area contributed by atoms with Gasteiger partial charge in [-0.05, 0) is 29.9 Å². The van der Waals surface area contributed by atoms with Crippen LogP contribution in [0, 0.1) is 5.92 Å². The Labute approximate surface area is 93.1 Å². The van der Waals surface area contributed by atoms with Crippen molar-refractivity contribution in [2.24, 2.45) is 5.92 Å². The SMILES string of the molecule is CCCC(C)C(O)c1ccc(CC)cc1. The Morgan fingerprint density at radius 2 is 1.73 bits per heavy atom. The molecular formula is C14H22O. The number of aliphatic hydroxyl groups excluding tert-OH is 1. The quantitative estimate of drug-likeness (QED) is 0.778. The lowest BCUT2D eigenvalue weighted by molar-refractivity contribution is 0.112. The Balaban J connectivity index is 2.69. The minimum atomic E-state index is -0.309. The lowest BCUT2D eigenvalue weighted by Gasteiger charge is -2.18. The van der Waals surface area contributed by atoms with Crippen LogP contribution in [0.3, 0.4) is 0 Å². The molecule has 2 unspecified atom stereocenters. The number of rotatable bonds is 5. The smallest absolute Gasteiger partial charge is 0.0815 e. The molecule has 84 valence electrons. The van der Waals surface area contributed by atoms with Crippen molar-refractivity contribution >= 4 is 0 Å². The molecule has 0 bridgehead atoms. The first-order valence-electron chi connectivity index (χ1n) is 5.95. The van der Waals surface area contributed by atoms with Gasteiger partial charge in [0.25, 0.3) is 0 Å². The second kappa shape index (κ2) is 5.92. The van der Waals surface area contributed by atoms with Gasteiger partial charge >= 0.3 is 0 Å². The summed E-state index contributed by atoms with van der Waals surface area (Å²) in [6, 6.07) is 8.32. The first kappa shape index (κ1) is 12.3. The zero-order valence-electron chi connectivity index (χ0n) is 10.0. The molecule has 0 radical (unpaired) electrons. The summed E-state index contributed by atoms with van der Waals surface area (Å²) >= 11 is 0. The van der Waals surface area contributed by atoms with E-state index in [1.54, 1.807) is 0 Å². The van der Waals surface area contributed by atoms with Gasteiger partial charge in [-0.1, -0.05) is 51.5 Å². The van der Waals surface area contributed by atoms with Crippen molar-refractivity contribution in [1.82, 2.24) is 0 Å². The third-order valence-corrected chi connectivity index (χ3v) is 3.01. The van der Waals surface area contributed by atoms with E-state index in [1.807, 2.05) is 0 Å². The second-order valence-electron chi connectivity index (χ2n) is 4.31. The van der Waals surface area contributed by atoms with E-state index < -0.39 is 0 Å². The maximum Gasteiger partial charge on any atom is 0.0815 e. The Morgan fingerprint density at radius 3 is 2.20 bits per heavy atom. The molecule has 0 heterocycles. The highest BCUT2D eigenvalue weighted by Crippen LogP contribution is 2.25. The van der Waals surface area contributed by atoms with Crippen LogP contribution in [0.2, 0.25) is 0 Å². The predicted molar refractivity (Wildman–Crippen MR) is 64.9 cm³/mol. The largest absolute Gasteiger partial charge is 0.388 e. The second-order valence-corrected chi connectivity index (χ2v) is 4.31. The van der Waals surface area contributed by atoms with Gasteiger partial charge in [0.05, 0.1) is 6.10 Å². The molecule has 1 heteroatoms. The van der Waals surface area contributed by atoms with Gasteiger partial charge in [0.15, 0.2) is 0 Å². The maximum atomic E-state index is 10.1. The summed E-state index contributed by atoms with van der Waals surface area (Å²) < 4.78 is 0. The molecule has 1 aromatic carbocycles. The highest BCUT2D eigenvalue weighted by atomic mass is 16.3. The Kier molecular flexibility index (Phi) is 4.83. The zero-order chi connectivity index (χ0) is 11.3. The van der Waals surface area contributed by atoms with Crippen molar-refractivity contribution in [2.45, 2.75) is 46.1 Å². The number of aryl methyl sites for hydroxylation is 1. The van der Waals surface area contributed by atoms with E-state index in [4.69, 9.17) is 0 Å². The number of aliphatic hydroxyl groups is 1. The number of hydrogen-bond donors (Lipinski definition) is 1. The molecule has 0 aliphatic heterocycles. The van der Waals surface area contributed by atoms with Crippen molar-refractivity contribution in [2.75, 3.05) is 0 Å². The fourth-order valence-electron chi connectivity index (χ4n) is 1.89. The molecule has 1 aromatic rings. The Hall–Kier alpha value is -0.820. The summed E-state index contributed by atoms with van der Waals surface area (Å²) in [4.78, 5) is 0. The van der Waals surface area contributed by atoms with Gasteiger partial charge in [-0.2, -0.15) is 0 Å². The van der Waals surface area contributed by atoms with Gasteiger partial charge in [0.1, 0.15) is 0 Å². The van der Waals surface area contributed by atoms with Crippen molar-refractivity contribution in [3.8, 4) is 0 Å². The number of benzene rings is 1. The normalized spacial score (nSPS) is 14.9.